The average molecular weight is 397 g/mol. The van der Waals surface area contributed by atoms with Crippen LogP contribution in [0.2, 0.25) is 0 Å². The molecule has 0 bridgehead atoms. The number of aromatic nitrogens is 2. The summed E-state index contributed by atoms with van der Waals surface area (Å²) in [6.45, 7) is 1.85. The molecule has 1 aromatic carbocycles. The van der Waals surface area contributed by atoms with E-state index in [1.54, 1.807) is 6.20 Å². The number of halogens is 2. The lowest BCUT2D eigenvalue weighted by Crippen LogP contribution is -2.35. The van der Waals surface area contributed by atoms with Gasteiger partial charge in [-0.05, 0) is 56.3 Å². The summed E-state index contributed by atoms with van der Waals surface area (Å²) in [5.74, 6) is 1.05. The standard InChI is InChI=1S/C19H24N4O.2ClH/c24-19(15-8-11-20-12-9-15)22-18-10-13-21-23(18)17-7-3-5-14-4-1-2-6-16(14)17;;/h1-2,4,6,10,13,15,17,20H,3,5,7-9,11-12H2,(H,22,24);2*1H. The fourth-order valence-corrected chi connectivity index (χ4v) is 3.96. The highest BCUT2D eigenvalue weighted by Crippen LogP contribution is 2.34. The molecular weight excluding hydrogens is 371 g/mol. The molecule has 1 atom stereocenters. The smallest absolute Gasteiger partial charge is 0.228 e. The molecule has 5 nitrogen and oxygen atoms in total. The molecule has 1 saturated heterocycles. The summed E-state index contributed by atoms with van der Waals surface area (Å²) in [5, 5.41) is 11.0. The van der Waals surface area contributed by atoms with Crippen molar-refractivity contribution in [3.8, 4) is 0 Å². The van der Waals surface area contributed by atoms with Gasteiger partial charge < -0.3 is 10.6 Å². The molecule has 2 aliphatic rings. The van der Waals surface area contributed by atoms with Crippen LogP contribution in [0.1, 0.15) is 42.9 Å². The molecule has 0 saturated carbocycles. The van der Waals surface area contributed by atoms with Crippen LogP contribution in [0.15, 0.2) is 36.5 Å². The zero-order chi connectivity index (χ0) is 16.4. The second kappa shape index (κ2) is 9.40. The van der Waals surface area contributed by atoms with E-state index in [9.17, 15) is 4.79 Å². The number of rotatable bonds is 3. The number of fused-ring (bicyclic) bond motifs is 1. The number of amides is 1. The molecule has 2 N–H and O–H groups in total. The minimum Gasteiger partial charge on any atom is -0.317 e. The maximum absolute atomic E-state index is 12.6. The zero-order valence-electron chi connectivity index (χ0n) is 14.7. The number of nitrogens with zero attached hydrogens (tertiary/aromatic N) is 2. The Morgan fingerprint density at radius 2 is 1.88 bits per heavy atom. The second-order valence-corrected chi connectivity index (χ2v) is 6.78. The quantitative estimate of drug-likeness (QED) is 0.832. The van der Waals surface area contributed by atoms with Gasteiger partial charge in [0.1, 0.15) is 5.82 Å². The summed E-state index contributed by atoms with van der Waals surface area (Å²) in [6.07, 6.45) is 6.95. The van der Waals surface area contributed by atoms with E-state index >= 15 is 0 Å². The van der Waals surface area contributed by atoms with E-state index in [0.29, 0.717) is 0 Å². The highest BCUT2D eigenvalue weighted by Gasteiger charge is 2.26. The lowest BCUT2D eigenvalue weighted by molar-refractivity contribution is -0.120. The van der Waals surface area contributed by atoms with Crippen LogP contribution >= 0.6 is 24.8 Å². The molecule has 1 fully saturated rings. The van der Waals surface area contributed by atoms with Crippen LogP contribution in [-0.2, 0) is 11.2 Å². The Kier molecular flexibility index (Phi) is 7.50. The summed E-state index contributed by atoms with van der Waals surface area (Å²) in [4.78, 5) is 12.6. The molecule has 0 radical (unpaired) electrons. The third-order valence-corrected chi connectivity index (χ3v) is 5.26. The van der Waals surface area contributed by atoms with Gasteiger partial charge in [-0.2, -0.15) is 5.10 Å². The molecular formula is C19H26Cl2N4O. The first-order valence-corrected chi connectivity index (χ1v) is 8.96. The third-order valence-electron chi connectivity index (χ3n) is 5.26. The number of benzene rings is 1. The van der Waals surface area contributed by atoms with E-state index in [1.165, 1.54) is 11.1 Å². The largest absolute Gasteiger partial charge is 0.317 e. The summed E-state index contributed by atoms with van der Waals surface area (Å²) in [6, 6.07) is 10.7. The summed E-state index contributed by atoms with van der Waals surface area (Å²) >= 11 is 0. The number of piperidine rings is 1. The van der Waals surface area contributed by atoms with Crippen molar-refractivity contribution in [1.82, 2.24) is 15.1 Å². The Balaban J connectivity index is 0.00000121. The van der Waals surface area contributed by atoms with Gasteiger partial charge in [-0.25, -0.2) is 4.68 Å². The first-order valence-electron chi connectivity index (χ1n) is 8.96. The summed E-state index contributed by atoms with van der Waals surface area (Å²) < 4.78 is 2.00. The van der Waals surface area contributed by atoms with Crippen molar-refractivity contribution in [2.24, 2.45) is 5.92 Å². The fourth-order valence-electron chi connectivity index (χ4n) is 3.96. The maximum Gasteiger partial charge on any atom is 0.228 e. The Morgan fingerprint density at radius 1 is 1.12 bits per heavy atom. The molecule has 1 aliphatic carbocycles. The monoisotopic (exact) mass is 396 g/mol. The van der Waals surface area contributed by atoms with Crippen molar-refractivity contribution in [3.63, 3.8) is 0 Å². The van der Waals surface area contributed by atoms with Crippen molar-refractivity contribution in [3.05, 3.63) is 47.7 Å². The van der Waals surface area contributed by atoms with Crippen LogP contribution in [0.4, 0.5) is 5.82 Å². The zero-order valence-corrected chi connectivity index (χ0v) is 16.3. The van der Waals surface area contributed by atoms with Crippen LogP contribution in [0, 0.1) is 5.92 Å². The lowest BCUT2D eigenvalue weighted by Gasteiger charge is -2.28. The van der Waals surface area contributed by atoms with E-state index in [1.807, 2.05) is 10.7 Å². The Morgan fingerprint density at radius 3 is 2.69 bits per heavy atom. The number of hydrogen-bond donors (Lipinski definition) is 2. The molecule has 7 heteroatoms. The van der Waals surface area contributed by atoms with E-state index in [0.717, 1.165) is 51.0 Å². The molecule has 1 aliphatic heterocycles. The summed E-state index contributed by atoms with van der Waals surface area (Å²) in [5.41, 5.74) is 2.74. The topological polar surface area (TPSA) is 59.0 Å². The molecule has 1 amide bonds. The molecule has 2 heterocycles. The average Bonchev–Trinajstić information content (AvgIpc) is 3.10. The van der Waals surface area contributed by atoms with Crippen LogP contribution in [0.5, 0.6) is 0 Å². The molecule has 1 aromatic heterocycles. The number of aryl methyl sites for hydroxylation is 1. The molecule has 1 unspecified atom stereocenters. The van der Waals surface area contributed by atoms with Crippen LogP contribution in [0.3, 0.4) is 0 Å². The minimum atomic E-state index is 0. The van der Waals surface area contributed by atoms with Gasteiger partial charge in [0.05, 0.1) is 12.2 Å². The van der Waals surface area contributed by atoms with Gasteiger partial charge in [0.2, 0.25) is 5.91 Å². The molecule has 4 rings (SSSR count). The van der Waals surface area contributed by atoms with Gasteiger partial charge in [-0.15, -0.1) is 24.8 Å². The van der Waals surface area contributed by atoms with Crippen LogP contribution in [-0.4, -0.2) is 28.8 Å². The molecule has 142 valence electrons. The van der Waals surface area contributed by atoms with Gasteiger partial charge in [0, 0.05) is 12.0 Å². The highest BCUT2D eigenvalue weighted by molar-refractivity contribution is 5.91. The third kappa shape index (κ3) is 4.22. The van der Waals surface area contributed by atoms with E-state index in [4.69, 9.17) is 0 Å². The van der Waals surface area contributed by atoms with E-state index < -0.39 is 0 Å². The second-order valence-electron chi connectivity index (χ2n) is 6.78. The van der Waals surface area contributed by atoms with Gasteiger partial charge in [0.25, 0.3) is 0 Å². The normalized spacial score (nSPS) is 19.6. The van der Waals surface area contributed by atoms with Gasteiger partial charge in [0.15, 0.2) is 0 Å². The predicted octanol–water partition coefficient (Wildman–Crippen LogP) is 3.59. The van der Waals surface area contributed by atoms with Crippen molar-refractivity contribution in [1.29, 1.82) is 0 Å². The van der Waals surface area contributed by atoms with Gasteiger partial charge in [-0.1, -0.05) is 24.3 Å². The number of hydrogen-bond acceptors (Lipinski definition) is 3. The Bertz CT molecular complexity index is 728. The maximum atomic E-state index is 12.6. The SMILES string of the molecule is Cl.Cl.O=C(Nc1ccnn1C1CCCc2ccccc21)C1CCNCC1. The number of nitrogens with one attached hydrogen (secondary N) is 2. The number of anilines is 1. The Hall–Kier alpha value is -1.56. The van der Waals surface area contributed by atoms with Crippen molar-refractivity contribution < 1.29 is 4.79 Å². The number of carbonyl (C=O) groups is 1. The molecule has 2 aromatic rings. The first kappa shape index (κ1) is 20.7. The summed E-state index contributed by atoms with van der Waals surface area (Å²) in [7, 11) is 0. The first-order chi connectivity index (χ1) is 11.8. The minimum absolute atomic E-state index is 0. The molecule has 26 heavy (non-hydrogen) atoms. The number of carbonyl (C=O) groups excluding carboxylic acids is 1. The van der Waals surface area contributed by atoms with Crippen molar-refractivity contribution >= 4 is 36.5 Å². The van der Waals surface area contributed by atoms with Gasteiger partial charge >= 0.3 is 0 Å². The van der Waals surface area contributed by atoms with Crippen LogP contribution in [0.25, 0.3) is 0 Å². The molecule has 0 spiro atoms. The van der Waals surface area contributed by atoms with Gasteiger partial charge in [-0.3, -0.25) is 4.79 Å². The highest BCUT2D eigenvalue weighted by atomic mass is 35.5. The lowest BCUT2D eigenvalue weighted by atomic mass is 9.88. The Labute approximate surface area is 166 Å². The van der Waals surface area contributed by atoms with E-state index in [-0.39, 0.29) is 42.7 Å². The van der Waals surface area contributed by atoms with Crippen molar-refractivity contribution in [2.75, 3.05) is 18.4 Å². The fraction of sp³-hybridized carbons (Fsp3) is 0.474. The predicted molar refractivity (Wildman–Crippen MR) is 108 cm³/mol. The van der Waals surface area contributed by atoms with Crippen molar-refractivity contribution in [2.45, 2.75) is 38.1 Å². The van der Waals surface area contributed by atoms with Crippen LogP contribution < -0.4 is 10.6 Å². The van der Waals surface area contributed by atoms with E-state index in [2.05, 4.69) is 40.0 Å².